The molecular formula is C22H32O. The smallest absolute Gasteiger partial charge is 0.122 e. The Bertz CT molecular complexity index is 507. The van der Waals surface area contributed by atoms with Crippen LogP contribution in [0.4, 0.5) is 0 Å². The Hall–Kier alpha value is -1.50. The van der Waals surface area contributed by atoms with E-state index >= 15 is 0 Å². The first kappa shape index (κ1) is 17.8. The van der Waals surface area contributed by atoms with Crippen LogP contribution in [0.25, 0.3) is 0 Å². The van der Waals surface area contributed by atoms with Gasteiger partial charge in [0.1, 0.15) is 12.4 Å². The van der Waals surface area contributed by atoms with Crippen molar-refractivity contribution in [2.24, 2.45) is 5.92 Å². The van der Waals surface area contributed by atoms with Crippen molar-refractivity contribution in [1.82, 2.24) is 0 Å². The Kier molecular flexibility index (Phi) is 7.45. The molecule has 0 aliphatic heterocycles. The fraction of sp³-hybridized carbons (Fsp3) is 0.545. The average Bonchev–Trinajstić information content (AvgIpc) is 2.59. The predicted octanol–water partition coefficient (Wildman–Crippen LogP) is 6.44. The van der Waals surface area contributed by atoms with Crippen LogP contribution in [-0.4, -0.2) is 6.61 Å². The molecule has 0 aromatic heterocycles. The lowest BCUT2D eigenvalue weighted by Crippen LogP contribution is -2.12. The van der Waals surface area contributed by atoms with Crippen molar-refractivity contribution in [3.8, 4) is 5.75 Å². The standard InChI is InChI=1S/C22H32O/c1-4-7-9-18-10-12-19(13-11-18)20-14-15-22(23-16-6-3)21(17-20)8-5-2/h6-7,9,14-15,17-19H,3-5,8,10-13,16H2,1-2H3/b9-7+. The van der Waals surface area contributed by atoms with Crippen LogP contribution in [0.5, 0.6) is 5.75 Å². The highest BCUT2D eigenvalue weighted by Crippen LogP contribution is 2.38. The molecule has 0 unspecified atom stereocenters. The van der Waals surface area contributed by atoms with Gasteiger partial charge in [-0.1, -0.05) is 57.2 Å². The Labute approximate surface area is 142 Å². The summed E-state index contributed by atoms with van der Waals surface area (Å²) in [7, 11) is 0. The predicted molar refractivity (Wildman–Crippen MR) is 100 cm³/mol. The van der Waals surface area contributed by atoms with Gasteiger partial charge in [0, 0.05) is 0 Å². The van der Waals surface area contributed by atoms with E-state index in [9.17, 15) is 0 Å². The van der Waals surface area contributed by atoms with Crippen molar-refractivity contribution >= 4 is 0 Å². The first-order valence-electron chi connectivity index (χ1n) is 9.31. The zero-order valence-electron chi connectivity index (χ0n) is 14.9. The second-order valence-corrected chi connectivity index (χ2v) is 6.66. The number of allylic oxidation sites excluding steroid dienone is 2. The summed E-state index contributed by atoms with van der Waals surface area (Å²) in [5.41, 5.74) is 2.87. The third-order valence-electron chi connectivity index (χ3n) is 4.85. The third-order valence-corrected chi connectivity index (χ3v) is 4.85. The Balaban J connectivity index is 2.04. The fourth-order valence-corrected chi connectivity index (χ4v) is 3.58. The van der Waals surface area contributed by atoms with Crippen molar-refractivity contribution in [3.63, 3.8) is 0 Å². The summed E-state index contributed by atoms with van der Waals surface area (Å²) in [6, 6.07) is 6.85. The lowest BCUT2D eigenvalue weighted by Gasteiger charge is -2.27. The molecule has 0 N–H and O–H groups in total. The molecule has 1 saturated carbocycles. The van der Waals surface area contributed by atoms with Gasteiger partial charge in [-0.05, 0) is 67.6 Å². The molecular weight excluding hydrogens is 280 g/mol. The van der Waals surface area contributed by atoms with E-state index in [2.05, 4.69) is 50.8 Å². The maximum Gasteiger partial charge on any atom is 0.122 e. The largest absolute Gasteiger partial charge is 0.489 e. The van der Waals surface area contributed by atoms with Crippen molar-refractivity contribution in [2.45, 2.75) is 64.7 Å². The lowest BCUT2D eigenvalue weighted by molar-refractivity contribution is 0.356. The summed E-state index contributed by atoms with van der Waals surface area (Å²) in [5, 5.41) is 0. The van der Waals surface area contributed by atoms with Crippen LogP contribution >= 0.6 is 0 Å². The molecule has 126 valence electrons. The van der Waals surface area contributed by atoms with Gasteiger partial charge in [0.05, 0.1) is 0 Å². The summed E-state index contributed by atoms with van der Waals surface area (Å²) in [6.07, 6.45) is 15.3. The normalized spacial score (nSPS) is 21.5. The zero-order chi connectivity index (χ0) is 16.5. The number of benzene rings is 1. The second kappa shape index (κ2) is 9.60. The van der Waals surface area contributed by atoms with Gasteiger partial charge in [-0.15, -0.1) is 0 Å². The summed E-state index contributed by atoms with van der Waals surface area (Å²) in [5.74, 6) is 2.57. The summed E-state index contributed by atoms with van der Waals surface area (Å²) < 4.78 is 5.82. The second-order valence-electron chi connectivity index (χ2n) is 6.66. The fourth-order valence-electron chi connectivity index (χ4n) is 3.58. The van der Waals surface area contributed by atoms with Crippen molar-refractivity contribution in [3.05, 3.63) is 54.1 Å². The van der Waals surface area contributed by atoms with Gasteiger partial charge in [0.15, 0.2) is 0 Å². The highest BCUT2D eigenvalue weighted by atomic mass is 16.5. The molecule has 1 aliphatic rings. The molecule has 1 nitrogen and oxygen atoms in total. The molecule has 0 bridgehead atoms. The molecule has 0 spiro atoms. The molecule has 23 heavy (non-hydrogen) atoms. The van der Waals surface area contributed by atoms with Crippen molar-refractivity contribution in [1.29, 1.82) is 0 Å². The van der Waals surface area contributed by atoms with Crippen LogP contribution in [0.15, 0.2) is 43.0 Å². The van der Waals surface area contributed by atoms with E-state index in [1.54, 1.807) is 0 Å². The maximum atomic E-state index is 5.82. The maximum absolute atomic E-state index is 5.82. The molecule has 0 atom stereocenters. The first-order valence-corrected chi connectivity index (χ1v) is 9.31. The minimum atomic E-state index is 0.588. The van der Waals surface area contributed by atoms with Crippen LogP contribution in [0.2, 0.25) is 0 Å². The SMILES string of the molecule is C=CCOc1ccc(C2CCC(/C=C/CC)CC2)cc1CCC. The zero-order valence-corrected chi connectivity index (χ0v) is 14.9. The third kappa shape index (κ3) is 5.27. The van der Waals surface area contributed by atoms with Gasteiger partial charge in [0.25, 0.3) is 0 Å². The minimum Gasteiger partial charge on any atom is -0.489 e. The van der Waals surface area contributed by atoms with E-state index < -0.39 is 0 Å². The van der Waals surface area contributed by atoms with Crippen LogP contribution in [0, 0.1) is 5.92 Å². The van der Waals surface area contributed by atoms with E-state index in [1.807, 2.05) is 6.08 Å². The van der Waals surface area contributed by atoms with Crippen molar-refractivity contribution < 1.29 is 4.74 Å². The van der Waals surface area contributed by atoms with Gasteiger partial charge >= 0.3 is 0 Å². The number of hydrogen-bond donors (Lipinski definition) is 0. The number of aryl methyl sites for hydroxylation is 1. The molecule has 1 heteroatoms. The molecule has 0 amide bonds. The molecule has 0 heterocycles. The van der Waals surface area contributed by atoms with Crippen LogP contribution in [-0.2, 0) is 6.42 Å². The minimum absolute atomic E-state index is 0.588. The van der Waals surface area contributed by atoms with Crippen molar-refractivity contribution in [2.75, 3.05) is 6.61 Å². The molecule has 1 aromatic carbocycles. The highest BCUT2D eigenvalue weighted by Gasteiger charge is 2.21. The van der Waals surface area contributed by atoms with Gasteiger partial charge in [-0.3, -0.25) is 0 Å². The molecule has 0 radical (unpaired) electrons. The van der Waals surface area contributed by atoms with Crippen LogP contribution in [0.3, 0.4) is 0 Å². The van der Waals surface area contributed by atoms with Gasteiger partial charge in [0.2, 0.25) is 0 Å². The van der Waals surface area contributed by atoms with E-state index in [1.165, 1.54) is 36.8 Å². The van der Waals surface area contributed by atoms with E-state index in [4.69, 9.17) is 4.74 Å². The van der Waals surface area contributed by atoms with Crippen LogP contribution in [0.1, 0.15) is 69.4 Å². The quantitative estimate of drug-likeness (QED) is 0.502. The monoisotopic (exact) mass is 312 g/mol. The van der Waals surface area contributed by atoms with Gasteiger partial charge < -0.3 is 4.74 Å². The van der Waals surface area contributed by atoms with Gasteiger partial charge in [-0.2, -0.15) is 0 Å². The summed E-state index contributed by atoms with van der Waals surface area (Å²) in [6.45, 7) is 8.78. The Morgan fingerprint density at radius 1 is 1.17 bits per heavy atom. The topological polar surface area (TPSA) is 9.23 Å². The van der Waals surface area contributed by atoms with Crippen LogP contribution < -0.4 is 4.74 Å². The molecule has 0 saturated heterocycles. The lowest BCUT2D eigenvalue weighted by atomic mass is 9.78. The van der Waals surface area contributed by atoms with E-state index in [-0.39, 0.29) is 0 Å². The summed E-state index contributed by atoms with van der Waals surface area (Å²) in [4.78, 5) is 0. The first-order chi connectivity index (χ1) is 11.3. The van der Waals surface area contributed by atoms with E-state index in [0.717, 1.165) is 36.8 Å². The summed E-state index contributed by atoms with van der Waals surface area (Å²) >= 11 is 0. The molecule has 1 aliphatic carbocycles. The number of rotatable bonds is 8. The number of hydrogen-bond acceptors (Lipinski definition) is 1. The number of ether oxygens (including phenoxy) is 1. The van der Waals surface area contributed by atoms with E-state index in [0.29, 0.717) is 6.61 Å². The highest BCUT2D eigenvalue weighted by molar-refractivity contribution is 5.39. The van der Waals surface area contributed by atoms with Gasteiger partial charge in [-0.25, -0.2) is 0 Å². The average molecular weight is 312 g/mol. The molecule has 1 fully saturated rings. The Morgan fingerprint density at radius 3 is 2.61 bits per heavy atom. The molecule has 2 rings (SSSR count). The molecule has 1 aromatic rings. The Morgan fingerprint density at radius 2 is 1.96 bits per heavy atom.